The summed E-state index contributed by atoms with van der Waals surface area (Å²) >= 11 is 6.39. The van der Waals surface area contributed by atoms with E-state index in [9.17, 15) is 0 Å². The van der Waals surface area contributed by atoms with E-state index in [1.807, 2.05) is 12.1 Å². The van der Waals surface area contributed by atoms with Crippen molar-refractivity contribution in [3.8, 4) is 11.5 Å². The molecule has 0 saturated heterocycles. The SMILES string of the molecule is COc1ccc(CNC2C(C)(C)C2(C)C)c(Cl)c1OC. The normalized spacial score (nSPS) is 19.8. The first-order chi connectivity index (χ1) is 9.27. The van der Waals surface area contributed by atoms with E-state index in [1.54, 1.807) is 14.2 Å². The molecule has 0 spiro atoms. The van der Waals surface area contributed by atoms with Gasteiger partial charge in [0.15, 0.2) is 11.5 Å². The number of rotatable bonds is 5. The molecule has 2 rings (SSSR count). The molecule has 1 fully saturated rings. The van der Waals surface area contributed by atoms with E-state index in [1.165, 1.54) is 0 Å². The van der Waals surface area contributed by atoms with E-state index >= 15 is 0 Å². The molecule has 0 radical (unpaired) electrons. The Labute approximate surface area is 126 Å². The maximum atomic E-state index is 6.39. The van der Waals surface area contributed by atoms with Crippen LogP contribution in [0.25, 0.3) is 0 Å². The molecule has 1 aliphatic carbocycles. The van der Waals surface area contributed by atoms with Gasteiger partial charge >= 0.3 is 0 Å². The fourth-order valence-electron chi connectivity index (χ4n) is 2.99. The van der Waals surface area contributed by atoms with Crippen molar-refractivity contribution in [1.29, 1.82) is 0 Å². The van der Waals surface area contributed by atoms with Gasteiger partial charge in [-0.3, -0.25) is 0 Å². The zero-order valence-corrected chi connectivity index (χ0v) is 13.9. The van der Waals surface area contributed by atoms with Crippen LogP contribution < -0.4 is 14.8 Å². The van der Waals surface area contributed by atoms with Gasteiger partial charge in [-0.15, -0.1) is 0 Å². The van der Waals surface area contributed by atoms with Crippen LogP contribution in [0.1, 0.15) is 33.3 Å². The number of halogens is 1. The molecule has 4 heteroatoms. The molecular formula is C16H24ClNO2. The lowest BCUT2D eigenvalue weighted by Gasteiger charge is -2.14. The predicted molar refractivity (Wildman–Crippen MR) is 82.7 cm³/mol. The van der Waals surface area contributed by atoms with Crippen molar-refractivity contribution in [2.24, 2.45) is 10.8 Å². The molecule has 1 aromatic carbocycles. The molecule has 112 valence electrons. The quantitative estimate of drug-likeness (QED) is 0.894. The Morgan fingerprint density at radius 1 is 1.10 bits per heavy atom. The van der Waals surface area contributed by atoms with E-state index < -0.39 is 0 Å². The minimum atomic E-state index is 0.316. The first-order valence-corrected chi connectivity index (χ1v) is 7.28. The molecule has 0 aromatic heterocycles. The second-order valence-electron chi connectivity index (χ2n) is 6.53. The van der Waals surface area contributed by atoms with E-state index in [0.29, 0.717) is 33.4 Å². The van der Waals surface area contributed by atoms with Gasteiger partial charge in [0, 0.05) is 12.6 Å². The number of methoxy groups -OCH3 is 2. The summed E-state index contributed by atoms with van der Waals surface area (Å²) in [6.45, 7) is 9.90. The van der Waals surface area contributed by atoms with Crippen molar-refractivity contribution in [3.63, 3.8) is 0 Å². The Morgan fingerprint density at radius 3 is 2.15 bits per heavy atom. The van der Waals surface area contributed by atoms with Gasteiger partial charge < -0.3 is 14.8 Å². The first-order valence-electron chi connectivity index (χ1n) is 6.90. The van der Waals surface area contributed by atoms with E-state index in [0.717, 1.165) is 12.1 Å². The molecule has 1 N–H and O–H groups in total. The summed E-state index contributed by atoms with van der Waals surface area (Å²) in [6, 6.07) is 4.38. The highest BCUT2D eigenvalue weighted by Gasteiger charge is 2.64. The van der Waals surface area contributed by atoms with Gasteiger partial charge in [-0.05, 0) is 22.5 Å². The van der Waals surface area contributed by atoms with Gasteiger partial charge in [-0.25, -0.2) is 0 Å². The Hall–Kier alpha value is -0.930. The van der Waals surface area contributed by atoms with Crippen molar-refractivity contribution in [3.05, 3.63) is 22.7 Å². The highest BCUT2D eigenvalue weighted by atomic mass is 35.5. The monoisotopic (exact) mass is 297 g/mol. The lowest BCUT2D eigenvalue weighted by atomic mass is 10.0. The van der Waals surface area contributed by atoms with Crippen molar-refractivity contribution >= 4 is 11.6 Å². The Bertz CT molecular complexity index is 497. The predicted octanol–water partition coefficient (Wildman–Crippen LogP) is 3.88. The van der Waals surface area contributed by atoms with Crippen molar-refractivity contribution < 1.29 is 9.47 Å². The molecule has 20 heavy (non-hydrogen) atoms. The summed E-state index contributed by atoms with van der Waals surface area (Å²) < 4.78 is 10.6. The average Bonchev–Trinajstić information content (AvgIpc) is 2.78. The lowest BCUT2D eigenvalue weighted by Crippen LogP contribution is -2.21. The zero-order valence-electron chi connectivity index (χ0n) is 13.1. The van der Waals surface area contributed by atoms with Crippen molar-refractivity contribution in [2.75, 3.05) is 14.2 Å². The Kier molecular flexibility index (Phi) is 3.96. The largest absolute Gasteiger partial charge is 0.493 e. The fourth-order valence-corrected chi connectivity index (χ4v) is 3.29. The summed E-state index contributed by atoms with van der Waals surface area (Å²) in [5, 5.41) is 4.22. The number of hydrogen-bond acceptors (Lipinski definition) is 3. The zero-order chi connectivity index (χ0) is 15.1. The van der Waals surface area contributed by atoms with Gasteiger partial charge in [0.05, 0.1) is 19.2 Å². The van der Waals surface area contributed by atoms with E-state index in [-0.39, 0.29) is 0 Å². The second kappa shape index (κ2) is 5.12. The molecule has 0 amide bonds. The van der Waals surface area contributed by atoms with Gasteiger partial charge in [-0.1, -0.05) is 45.4 Å². The van der Waals surface area contributed by atoms with Crippen LogP contribution in [0.4, 0.5) is 0 Å². The molecule has 0 atom stereocenters. The fraction of sp³-hybridized carbons (Fsp3) is 0.625. The van der Waals surface area contributed by atoms with Crippen molar-refractivity contribution in [1.82, 2.24) is 5.32 Å². The standard InChI is InChI=1S/C16H24ClNO2/c1-15(2)14(16(15,3)4)18-9-10-7-8-11(19-5)13(20-6)12(10)17/h7-8,14,18H,9H2,1-6H3. The molecule has 0 bridgehead atoms. The summed E-state index contributed by atoms with van der Waals surface area (Å²) in [5.41, 5.74) is 1.66. The van der Waals surface area contributed by atoms with Crippen LogP contribution in [0.15, 0.2) is 12.1 Å². The molecule has 1 aromatic rings. The topological polar surface area (TPSA) is 30.5 Å². The van der Waals surface area contributed by atoms with Crippen LogP contribution in [0.3, 0.4) is 0 Å². The first kappa shape index (κ1) is 15.5. The molecule has 0 aliphatic heterocycles. The van der Waals surface area contributed by atoms with Crippen LogP contribution in [0, 0.1) is 10.8 Å². The minimum Gasteiger partial charge on any atom is -0.493 e. The van der Waals surface area contributed by atoms with Crippen LogP contribution in [-0.2, 0) is 6.54 Å². The Balaban J connectivity index is 2.12. The highest BCUT2D eigenvalue weighted by Crippen LogP contribution is 2.62. The van der Waals surface area contributed by atoms with Gasteiger partial charge in [0.1, 0.15) is 0 Å². The minimum absolute atomic E-state index is 0.316. The summed E-state index contributed by atoms with van der Waals surface area (Å²) in [4.78, 5) is 0. The molecule has 0 unspecified atom stereocenters. The lowest BCUT2D eigenvalue weighted by molar-refractivity contribution is 0.354. The number of hydrogen-bond donors (Lipinski definition) is 1. The number of benzene rings is 1. The summed E-state index contributed by atoms with van der Waals surface area (Å²) in [7, 11) is 3.22. The summed E-state index contributed by atoms with van der Waals surface area (Å²) in [6.07, 6.45) is 0. The maximum absolute atomic E-state index is 6.39. The number of nitrogens with one attached hydrogen (secondary N) is 1. The molecule has 1 saturated carbocycles. The van der Waals surface area contributed by atoms with Gasteiger partial charge in [-0.2, -0.15) is 0 Å². The van der Waals surface area contributed by atoms with Crippen molar-refractivity contribution in [2.45, 2.75) is 40.3 Å². The smallest absolute Gasteiger partial charge is 0.179 e. The summed E-state index contributed by atoms with van der Waals surface area (Å²) in [5.74, 6) is 1.26. The average molecular weight is 298 g/mol. The van der Waals surface area contributed by atoms with Crippen LogP contribution in [0.5, 0.6) is 11.5 Å². The number of ether oxygens (including phenoxy) is 2. The molecule has 1 aliphatic rings. The van der Waals surface area contributed by atoms with E-state index in [4.69, 9.17) is 21.1 Å². The molecular weight excluding hydrogens is 274 g/mol. The van der Waals surface area contributed by atoms with Crippen LogP contribution in [0.2, 0.25) is 5.02 Å². The Morgan fingerprint density at radius 2 is 1.70 bits per heavy atom. The van der Waals surface area contributed by atoms with Gasteiger partial charge in [0.25, 0.3) is 0 Å². The molecule has 0 heterocycles. The molecule has 3 nitrogen and oxygen atoms in total. The maximum Gasteiger partial charge on any atom is 0.179 e. The van der Waals surface area contributed by atoms with Gasteiger partial charge in [0.2, 0.25) is 0 Å². The van der Waals surface area contributed by atoms with E-state index in [2.05, 4.69) is 33.0 Å². The third kappa shape index (κ3) is 2.27. The third-order valence-corrected chi connectivity index (χ3v) is 5.50. The highest BCUT2D eigenvalue weighted by molar-refractivity contribution is 6.33. The second-order valence-corrected chi connectivity index (χ2v) is 6.91. The van der Waals surface area contributed by atoms with Crippen LogP contribution >= 0.6 is 11.6 Å². The third-order valence-electron chi connectivity index (χ3n) is 5.08. The van der Waals surface area contributed by atoms with Crippen LogP contribution in [-0.4, -0.2) is 20.3 Å².